The van der Waals surface area contributed by atoms with Gasteiger partial charge in [0, 0.05) is 0 Å². The second-order valence-electron chi connectivity index (χ2n) is 7.94. The van der Waals surface area contributed by atoms with E-state index in [2.05, 4.69) is 0 Å². The molecule has 0 aliphatic carbocycles. The number of phosphoric ester groups is 1. The highest BCUT2D eigenvalue weighted by molar-refractivity contribution is 7.48. The molecule has 8 nitrogen and oxygen atoms in total. The van der Waals surface area contributed by atoms with Gasteiger partial charge >= 0.3 is 7.82 Å². The van der Waals surface area contributed by atoms with Gasteiger partial charge in [-0.15, -0.1) is 0 Å². The van der Waals surface area contributed by atoms with Crippen LogP contribution in [0, 0.1) is 0 Å². The number of rotatable bonds is 17. The zero-order valence-electron chi connectivity index (χ0n) is 21.3. The first-order valence-corrected chi connectivity index (χ1v) is 13.3. The number of carbonyl (C=O) groups excluding carboxylic acids is 1. The quantitative estimate of drug-likeness (QED) is 0.137. The summed E-state index contributed by atoms with van der Waals surface area (Å²) in [6, 6.07) is 9.09. The Morgan fingerprint density at radius 2 is 1.37 bits per heavy atom. The standard InChI is InChI=1S/C26H37O8P/c1-6-8-14-32-35(28,33-15-9-7-2)34-24-17-20(12-13-23(24)29-3)10-11-21-16-22(19-27)26(31-5)25(18-21)30-4/h12-13,16-19H,6-11,14-15H2,1-5H3. The number of aryl methyl sites for hydroxylation is 2. The van der Waals surface area contributed by atoms with E-state index in [1.807, 2.05) is 26.0 Å². The van der Waals surface area contributed by atoms with Crippen LogP contribution in [0.15, 0.2) is 30.3 Å². The number of benzene rings is 2. The molecule has 0 bridgehead atoms. The van der Waals surface area contributed by atoms with Crippen LogP contribution in [0.5, 0.6) is 23.0 Å². The molecule has 0 amide bonds. The lowest BCUT2D eigenvalue weighted by molar-refractivity contribution is 0.111. The fourth-order valence-corrected chi connectivity index (χ4v) is 4.64. The number of methoxy groups -OCH3 is 3. The van der Waals surface area contributed by atoms with E-state index >= 15 is 0 Å². The maximum atomic E-state index is 13.3. The third-order valence-corrected chi connectivity index (χ3v) is 6.75. The maximum absolute atomic E-state index is 13.3. The largest absolute Gasteiger partial charge is 0.530 e. The van der Waals surface area contributed by atoms with E-state index in [0.717, 1.165) is 43.1 Å². The Labute approximate surface area is 208 Å². The van der Waals surface area contributed by atoms with Gasteiger partial charge in [-0.1, -0.05) is 32.8 Å². The second-order valence-corrected chi connectivity index (χ2v) is 9.53. The molecule has 0 heterocycles. The van der Waals surface area contributed by atoms with Crippen molar-refractivity contribution in [3.8, 4) is 23.0 Å². The van der Waals surface area contributed by atoms with Crippen molar-refractivity contribution in [3.05, 3.63) is 47.0 Å². The molecule has 0 radical (unpaired) electrons. The Morgan fingerprint density at radius 1 is 0.771 bits per heavy atom. The van der Waals surface area contributed by atoms with Gasteiger partial charge in [0.1, 0.15) is 0 Å². The molecule has 2 aromatic rings. The van der Waals surface area contributed by atoms with Crippen molar-refractivity contribution in [2.75, 3.05) is 34.5 Å². The van der Waals surface area contributed by atoms with Crippen molar-refractivity contribution in [1.82, 2.24) is 0 Å². The van der Waals surface area contributed by atoms with Gasteiger partial charge in [0.2, 0.25) is 0 Å². The van der Waals surface area contributed by atoms with Crippen molar-refractivity contribution >= 4 is 14.1 Å². The zero-order chi connectivity index (χ0) is 25.7. The minimum Gasteiger partial charge on any atom is -0.493 e. The molecule has 0 spiro atoms. The summed E-state index contributed by atoms with van der Waals surface area (Å²) in [4.78, 5) is 11.5. The first-order chi connectivity index (χ1) is 16.9. The van der Waals surface area contributed by atoms with E-state index < -0.39 is 7.82 Å². The van der Waals surface area contributed by atoms with Crippen LogP contribution in [0.2, 0.25) is 0 Å². The topological polar surface area (TPSA) is 89.5 Å². The molecule has 0 fully saturated rings. The predicted octanol–water partition coefficient (Wildman–Crippen LogP) is 6.43. The average molecular weight is 509 g/mol. The number of hydrogen-bond acceptors (Lipinski definition) is 8. The van der Waals surface area contributed by atoms with E-state index in [9.17, 15) is 9.36 Å². The Morgan fingerprint density at radius 3 is 1.91 bits per heavy atom. The summed E-state index contributed by atoms with van der Waals surface area (Å²) in [6.45, 7) is 4.60. The van der Waals surface area contributed by atoms with Crippen LogP contribution in [0.3, 0.4) is 0 Å². The third kappa shape index (κ3) is 8.57. The number of carbonyl (C=O) groups is 1. The molecular weight excluding hydrogens is 471 g/mol. The molecule has 2 aromatic carbocycles. The van der Waals surface area contributed by atoms with Crippen LogP contribution >= 0.6 is 7.82 Å². The average Bonchev–Trinajstić information content (AvgIpc) is 2.87. The van der Waals surface area contributed by atoms with Crippen molar-refractivity contribution in [2.24, 2.45) is 0 Å². The molecule has 0 N–H and O–H groups in total. The van der Waals surface area contributed by atoms with Gasteiger partial charge in [-0.3, -0.25) is 13.8 Å². The monoisotopic (exact) mass is 508 g/mol. The van der Waals surface area contributed by atoms with E-state index in [0.29, 0.717) is 41.4 Å². The molecule has 0 atom stereocenters. The van der Waals surface area contributed by atoms with Gasteiger partial charge in [-0.05, 0) is 61.1 Å². The zero-order valence-corrected chi connectivity index (χ0v) is 22.2. The lowest BCUT2D eigenvalue weighted by atomic mass is 10.0. The third-order valence-electron chi connectivity index (χ3n) is 5.33. The first kappa shape index (κ1) is 28.7. The summed E-state index contributed by atoms with van der Waals surface area (Å²) in [5.41, 5.74) is 2.27. The van der Waals surface area contributed by atoms with Crippen molar-refractivity contribution in [3.63, 3.8) is 0 Å². The highest BCUT2D eigenvalue weighted by atomic mass is 31.2. The fraction of sp³-hybridized carbons (Fsp3) is 0.500. The smallest absolute Gasteiger partial charge is 0.493 e. The van der Waals surface area contributed by atoms with Gasteiger partial charge in [-0.25, -0.2) is 4.57 Å². The SMILES string of the molecule is CCCCOP(=O)(OCCCC)Oc1cc(CCc2cc(C=O)c(OC)c(OC)c2)ccc1OC. The van der Waals surface area contributed by atoms with E-state index in [4.69, 9.17) is 27.8 Å². The highest BCUT2D eigenvalue weighted by Gasteiger charge is 2.30. The summed E-state index contributed by atoms with van der Waals surface area (Å²) in [5.74, 6) is 1.64. The minimum atomic E-state index is -3.82. The van der Waals surface area contributed by atoms with Gasteiger partial charge in [0.25, 0.3) is 0 Å². The van der Waals surface area contributed by atoms with Crippen LogP contribution in [-0.4, -0.2) is 40.8 Å². The van der Waals surface area contributed by atoms with Gasteiger partial charge in [0.15, 0.2) is 29.3 Å². The fourth-order valence-electron chi connectivity index (χ4n) is 3.37. The minimum absolute atomic E-state index is 0.278. The molecule has 0 unspecified atom stereocenters. The lowest BCUT2D eigenvalue weighted by Gasteiger charge is -2.20. The predicted molar refractivity (Wildman–Crippen MR) is 135 cm³/mol. The second kappa shape index (κ2) is 14.8. The number of ether oxygens (including phenoxy) is 3. The number of hydrogen-bond donors (Lipinski definition) is 0. The van der Waals surface area contributed by atoms with E-state index in [-0.39, 0.29) is 13.2 Å². The molecule has 35 heavy (non-hydrogen) atoms. The van der Waals surface area contributed by atoms with Crippen LogP contribution in [0.4, 0.5) is 0 Å². The summed E-state index contributed by atoms with van der Waals surface area (Å²) in [6.07, 6.45) is 5.30. The summed E-state index contributed by atoms with van der Waals surface area (Å²) in [5, 5.41) is 0. The lowest BCUT2D eigenvalue weighted by Crippen LogP contribution is -2.06. The highest BCUT2D eigenvalue weighted by Crippen LogP contribution is 2.52. The van der Waals surface area contributed by atoms with Crippen LogP contribution in [-0.2, 0) is 26.5 Å². The normalized spacial score (nSPS) is 11.2. The number of unbranched alkanes of at least 4 members (excludes halogenated alkanes) is 2. The summed E-state index contributed by atoms with van der Waals surface area (Å²) >= 11 is 0. The number of aldehydes is 1. The van der Waals surface area contributed by atoms with E-state index in [1.54, 1.807) is 18.2 Å². The molecule has 2 rings (SSSR count). The summed E-state index contributed by atoms with van der Waals surface area (Å²) < 4.78 is 46.3. The molecule has 0 saturated heterocycles. The van der Waals surface area contributed by atoms with Crippen molar-refractivity contribution in [2.45, 2.75) is 52.4 Å². The van der Waals surface area contributed by atoms with Crippen molar-refractivity contribution in [1.29, 1.82) is 0 Å². The Balaban J connectivity index is 2.23. The maximum Gasteiger partial charge on any atom is 0.530 e. The molecule has 0 aliphatic rings. The molecule has 194 valence electrons. The molecule has 9 heteroatoms. The first-order valence-electron chi connectivity index (χ1n) is 11.9. The van der Waals surface area contributed by atoms with Gasteiger partial charge in [-0.2, -0.15) is 0 Å². The Kier molecular flexibility index (Phi) is 12.1. The van der Waals surface area contributed by atoms with Crippen LogP contribution in [0.1, 0.15) is 61.0 Å². The Bertz CT molecular complexity index is 978. The van der Waals surface area contributed by atoms with E-state index in [1.165, 1.54) is 21.3 Å². The molecule has 0 aromatic heterocycles. The molecular formula is C26H37O8P. The molecule has 0 aliphatic heterocycles. The van der Waals surface area contributed by atoms with Crippen LogP contribution < -0.4 is 18.7 Å². The van der Waals surface area contributed by atoms with Gasteiger partial charge < -0.3 is 18.7 Å². The van der Waals surface area contributed by atoms with Crippen molar-refractivity contribution < 1.29 is 37.1 Å². The number of phosphoric acid groups is 1. The Hall–Kier alpha value is -2.54. The molecule has 0 saturated carbocycles. The summed E-state index contributed by atoms with van der Waals surface area (Å²) in [7, 11) is 0.738. The van der Waals surface area contributed by atoms with Crippen LogP contribution in [0.25, 0.3) is 0 Å². The van der Waals surface area contributed by atoms with Gasteiger partial charge in [0.05, 0.1) is 40.1 Å².